The zero-order chi connectivity index (χ0) is 10.6. The second-order valence-electron chi connectivity index (χ2n) is 3.87. The van der Waals surface area contributed by atoms with Gasteiger partial charge in [-0.3, -0.25) is 4.79 Å². The molecule has 1 aromatic heterocycles. The molecule has 0 amide bonds. The molecule has 0 fully saturated rings. The van der Waals surface area contributed by atoms with E-state index in [1.165, 1.54) is 0 Å². The van der Waals surface area contributed by atoms with Crippen LogP contribution in [0.2, 0.25) is 0 Å². The molecule has 14 heavy (non-hydrogen) atoms. The molecular weight excluding hydrogens is 178 g/mol. The van der Waals surface area contributed by atoms with Gasteiger partial charge in [-0.1, -0.05) is 32.4 Å². The molecule has 1 aromatic rings. The van der Waals surface area contributed by atoms with Crippen LogP contribution in [0.3, 0.4) is 0 Å². The van der Waals surface area contributed by atoms with Gasteiger partial charge in [0.25, 0.3) is 0 Å². The molecule has 0 unspecified atom stereocenters. The Hall–Kier alpha value is -1.19. The maximum Gasteiger partial charge on any atom is 0.172 e. The number of rotatable bonds is 5. The van der Waals surface area contributed by atoms with Gasteiger partial charge in [-0.2, -0.15) is 0 Å². The Bertz CT molecular complexity index is 304. The van der Waals surface area contributed by atoms with Gasteiger partial charge in [0.15, 0.2) is 6.29 Å². The van der Waals surface area contributed by atoms with Crippen LogP contribution in [0.15, 0.2) is 0 Å². The molecule has 0 aliphatic heterocycles. The zero-order valence-corrected chi connectivity index (χ0v) is 9.03. The van der Waals surface area contributed by atoms with Gasteiger partial charge in [-0.05, 0) is 12.3 Å². The summed E-state index contributed by atoms with van der Waals surface area (Å²) in [6.45, 7) is 7.16. The molecule has 0 aliphatic carbocycles. The Morgan fingerprint density at radius 3 is 2.71 bits per heavy atom. The third kappa shape index (κ3) is 2.40. The largest absolute Gasteiger partial charge is 0.296 e. The molecule has 0 N–H and O–H groups in total. The SMILES string of the molecule is CCCc1c(C=O)nnn1CC(C)C. The highest BCUT2D eigenvalue weighted by atomic mass is 16.1. The Labute approximate surface area is 84.3 Å². The maximum absolute atomic E-state index is 10.7. The Balaban J connectivity index is 2.91. The topological polar surface area (TPSA) is 47.8 Å². The van der Waals surface area contributed by atoms with Crippen LogP contribution in [0, 0.1) is 5.92 Å². The van der Waals surface area contributed by atoms with Crippen LogP contribution in [0.25, 0.3) is 0 Å². The molecule has 4 heteroatoms. The molecule has 78 valence electrons. The summed E-state index contributed by atoms with van der Waals surface area (Å²) in [7, 11) is 0. The average Bonchev–Trinajstić information content (AvgIpc) is 2.48. The molecule has 1 heterocycles. The lowest BCUT2D eigenvalue weighted by Crippen LogP contribution is -2.10. The molecule has 0 radical (unpaired) electrons. The molecule has 0 atom stereocenters. The zero-order valence-electron chi connectivity index (χ0n) is 9.03. The summed E-state index contributed by atoms with van der Waals surface area (Å²) < 4.78 is 1.85. The van der Waals surface area contributed by atoms with Crippen LogP contribution in [0.1, 0.15) is 43.4 Å². The molecular formula is C10H17N3O. The Morgan fingerprint density at radius 2 is 2.21 bits per heavy atom. The fourth-order valence-corrected chi connectivity index (χ4v) is 1.42. The molecule has 1 rings (SSSR count). The third-order valence-corrected chi connectivity index (χ3v) is 2.00. The van der Waals surface area contributed by atoms with Crippen LogP contribution >= 0.6 is 0 Å². The summed E-state index contributed by atoms with van der Waals surface area (Å²) in [6, 6.07) is 0. The number of carbonyl (C=O) groups excluding carboxylic acids is 1. The predicted octanol–water partition coefficient (Wildman–Crippen LogP) is 1.70. The minimum Gasteiger partial charge on any atom is -0.296 e. The quantitative estimate of drug-likeness (QED) is 0.672. The Morgan fingerprint density at radius 1 is 1.50 bits per heavy atom. The maximum atomic E-state index is 10.7. The first kappa shape index (κ1) is 10.9. The van der Waals surface area contributed by atoms with Crippen molar-refractivity contribution < 1.29 is 4.79 Å². The van der Waals surface area contributed by atoms with Gasteiger partial charge in [0.05, 0.1) is 5.69 Å². The first-order valence-corrected chi connectivity index (χ1v) is 5.06. The highest BCUT2D eigenvalue weighted by Gasteiger charge is 2.11. The van der Waals surface area contributed by atoms with Gasteiger partial charge in [0.1, 0.15) is 5.69 Å². The lowest BCUT2D eigenvalue weighted by Gasteiger charge is -2.07. The van der Waals surface area contributed by atoms with E-state index >= 15 is 0 Å². The normalized spacial score (nSPS) is 10.9. The van der Waals surface area contributed by atoms with E-state index in [0.717, 1.165) is 31.4 Å². The van der Waals surface area contributed by atoms with Crippen LogP contribution in [-0.2, 0) is 13.0 Å². The fraction of sp³-hybridized carbons (Fsp3) is 0.700. The number of nitrogens with zero attached hydrogens (tertiary/aromatic N) is 3. The second kappa shape index (κ2) is 4.88. The van der Waals surface area contributed by atoms with Gasteiger partial charge >= 0.3 is 0 Å². The summed E-state index contributed by atoms with van der Waals surface area (Å²) in [5.74, 6) is 0.520. The van der Waals surface area contributed by atoms with E-state index in [2.05, 4.69) is 31.1 Å². The number of aldehydes is 1. The summed E-state index contributed by atoms with van der Waals surface area (Å²) in [5.41, 5.74) is 1.46. The van der Waals surface area contributed by atoms with E-state index in [1.807, 2.05) is 4.68 Å². The summed E-state index contributed by atoms with van der Waals surface area (Å²) in [5, 5.41) is 7.83. The smallest absolute Gasteiger partial charge is 0.172 e. The van der Waals surface area contributed by atoms with Crippen molar-refractivity contribution in [2.45, 2.75) is 40.2 Å². The van der Waals surface area contributed by atoms with Crippen LogP contribution < -0.4 is 0 Å². The third-order valence-electron chi connectivity index (χ3n) is 2.00. The van der Waals surface area contributed by atoms with Crippen molar-refractivity contribution in [1.82, 2.24) is 15.0 Å². The van der Waals surface area contributed by atoms with Crippen LogP contribution in [-0.4, -0.2) is 21.3 Å². The monoisotopic (exact) mass is 195 g/mol. The summed E-state index contributed by atoms with van der Waals surface area (Å²) in [6.07, 6.45) is 2.66. The molecule has 4 nitrogen and oxygen atoms in total. The number of carbonyl (C=O) groups is 1. The first-order valence-electron chi connectivity index (χ1n) is 5.06. The lowest BCUT2D eigenvalue weighted by molar-refractivity contribution is 0.111. The minimum atomic E-state index is 0.493. The predicted molar refractivity (Wildman–Crippen MR) is 54.2 cm³/mol. The van der Waals surface area contributed by atoms with Crippen molar-refractivity contribution in [3.63, 3.8) is 0 Å². The van der Waals surface area contributed by atoms with Crippen LogP contribution in [0.5, 0.6) is 0 Å². The standard InChI is InChI=1S/C10H17N3O/c1-4-5-10-9(7-14)11-12-13(10)6-8(2)3/h7-8H,4-6H2,1-3H3. The minimum absolute atomic E-state index is 0.493. The number of hydrogen-bond acceptors (Lipinski definition) is 3. The highest BCUT2D eigenvalue weighted by Crippen LogP contribution is 2.08. The van der Waals surface area contributed by atoms with E-state index in [9.17, 15) is 4.79 Å². The molecule has 0 aromatic carbocycles. The van der Waals surface area contributed by atoms with Gasteiger partial charge in [-0.25, -0.2) is 4.68 Å². The van der Waals surface area contributed by atoms with E-state index in [4.69, 9.17) is 0 Å². The highest BCUT2D eigenvalue weighted by molar-refractivity contribution is 5.73. The van der Waals surface area contributed by atoms with Crippen molar-refractivity contribution in [1.29, 1.82) is 0 Å². The van der Waals surface area contributed by atoms with Crippen molar-refractivity contribution in [2.75, 3.05) is 0 Å². The van der Waals surface area contributed by atoms with E-state index in [0.29, 0.717) is 11.6 Å². The molecule has 0 spiro atoms. The summed E-state index contributed by atoms with van der Waals surface area (Å²) >= 11 is 0. The van der Waals surface area contributed by atoms with Crippen molar-refractivity contribution in [2.24, 2.45) is 5.92 Å². The van der Waals surface area contributed by atoms with Crippen molar-refractivity contribution >= 4 is 6.29 Å². The molecule has 0 saturated carbocycles. The average molecular weight is 195 g/mol. The first-order chi connectivity index (χ1) is 6.69. The molecule has 0 bridgehead atoms. The Kier molecular flexibility index (Phi) is 3.80. The second-order valence-corrected chi connectivity index (χ2v) is 3.87. The number of aromatic nitrogens is 3. The number of hydrogen-bond donors (Lipinski definition) is 0. The van der Waals surface area contributed by atoms with Gasteiger partial charge in [-0.15, -0.1) is 5.10 Å². The van der Waals surface area contributed by atoms with Gasteiger partial charge in [0.2, 0.25) is 0 Å². The molecule has 0 aliphatic rings. The van der Waals surface area contributed by atoms with Gasteiger partial charge < -0.3 is 0 Å². The van der Waals surface area contributed by atoms with E-state index in [1.54, 1.807) is 0 Å². The fourth-order valence-electron chi connectivity index (χ4n) is 1.42. The summed E-state index contributed by atoms with van der Waals surface area (Å²) in [4.78, 5) is 10.7. The van der Waals surface area contributed by atoms with Crippen molar-refractivity contribution in [3.8, 4) is 0 Å². The van der Waals surface area contributed by atoms with E-state index in [-0.39, 0.29) is 0 Å². The van der Waals surface area contributed by atoms with E-state index < -0.39 is 0 Å². The van der Waals surface area contributed by atoms with Crippen molar-refractivity contribution in [3.05, 3.63) is 11.4 Å². The van der Waals surface area contributed by atoms with Gasteiger partial charge in [0, 0.05) is 6.54 Å². The molecule has 0 saturated heterocycles. The lowest BCUT2D eigenvalue weighted by atomic mass is 10.2. The van der Waals surface area contributed by atoms with Crippen LogP contribution in [0.4, 0.5) is 0 Å².